The van der Waals surface area contributed by atoms with E-state index in [2.05, 4.69) is 12.0 Å². The highest BCUT2D eigenvalue weighted by Gasteiger charge is 2.25. The van der Waals surface area contributed by atoms with Crippen molar-refractivity contribution < 1.29 is 9.72 Å². The number of likely N-dealkylation sites (tertiary alicyclic amines) is 1. The quantitative estimate of drug-likeness (QED) is 0.623. The van der Waals surface area contributed by atoms with Crippen LogP contribution in [-0.2, 0) is 11.3 Å². The van der Waals surface area contributed by atoms with E-state index in [-0.39, 0.29) is 18.1 Å². The van der Waals surface area contributed by atoms with Crippen LogP contribution in [0.4, 0.5) is 5.69 Å². The zero-order chi connectivity index (χ0) is 14.9. The number of carbonyl (C=O) groups excluding carboxylic acids is 1. The maximum Gasteiger partial charge on any atom is 0.312 e. The van der Waals surface area contributed by atoms with Gasteiger partial charge in [-0.15, -0.1) is 0 Å². The second-order valence-electron chi connectivity index (χ2n) is 5.50. The van der Waals surface area contributed by atoms with E-state index in [4.69, 9.17) is 0 Å². The third-order valence-corrected chi connectivity index (χ3v) is 3.95. The van der Waals surface area contributed by atoms with Gasteiger partial charge in [0.25, 0.3) is 0 Å². The largest absolute Gasteiger partial charge is 0.341 e. The lowest BCUT2D eigenvalue weighted by molar-refractivity contribution is -0.386. The molecule has 1 aliphatic rings. The van der Waals surface area contributed by atoms with Gasteiger partial charge in [0.05, 0.1) is 4.92 Å². The molecule has 0 radical (unpaired) electrons. The van der Waals surface area contributed by atoms with Gasteiger partial charge < -0.3 is 4.90 Å². The Bertz CT molecular complexity index is 530. The molecule has 1 aromatic heterocycles. The predicted molar refractivity (Wildman–Crippen MR) is 73.3 cm³/mol. The number of nitrogens with zero attached hydrogens (tertiary/aromatic N) is 4. The minimum atomic E-state index is -0.443. The van der Waals surface area contributed by atoms with E-state index < -0.39 is 4.92 Å². The molecule has 7 nitrogen and oxygen atoms in total. The van der Waals surface area contributed by atoms with E-state index in [1.807, 2.05) is 4.90 Å². The Balaban J connectivity index is 2.09. The van der Waals surface area contributed by atoms with Gasteiger partial charge in [-0.3, -0.25) is 19.6 Å². The van der Waals surface area contributed by atoms with Crippen LogP contribution in [0.3, 0.4) is 0 Å². The minimum Gasteiger partial charge on any atom is -0.341 e. The Morgan fingerprint density at radius 1 is 1.40 bits per heavy atom. The third-order valence-electron chi connectivity index (χ3n) is 3.95. The lowest BCUT2D eigenvalue weighted by atomic mass is 9.99. The highest BCUT2D eigenvalue weighted by atomic mass is 16.6. The van der Waals surface area contributed by atoms with Crippen molar-refractivity contribution in [2.75, 3.05) is 13.1 Å². The second kappa shape index (κ2) is 5.60. The van der Waals surface area contributed by atoms with E-state index in [9.17, 15) is 14.9 Å². The fourth-order valence-corrected chi connectivity index (χ4v) is 2.59. The molecule has 0 aromatic carbocycles. The first kappa shape index (κ1) is 14.5. The first-order chi connectivity index (χ1) is 9.40. The van der Waals surface area contributed by atoms with Crippen LogP contribution in [0, 0.1) is 29.9 Å². The number of piperidine rings is 1. The highest BCUT2D eigenvalue weighted by Crippen LogP contribution is 2.22. The molecule has 7 heteroatoms. The summed E-state index contributed by atoms with van der Waals surface area (Å²) in [6, 6.07) is 0. The summed E-state index contributed by atoms with van der Waals surface area (Å²) in [6.07, 6.45) is 2.03. The molecule has 0 saturated carbocycles. The molecule has 1 aliphatic heterocycles. The number of aromatic nitrogens is 2. The molecule has 0 bridgehead atoms. The number of amides is 1. The average Bonchev–Trinajstić information content (AvgIpc) is 2.65. The molecule has 1 fully saturated rings. The molecular formula is C13H20N4O3. The summed E-state index contributed by atoms with van der Waals surface area (Å²) in [6.45, 7) is 7.02. The molecule has 0 spiro atoms. The first-order valence-corrected chi connectivity index (χ1v) is 6.86. The summed E-state index contributed by atoms with van der Waals surface area (Å²) in [5.41, 5.74) is 0.795. The zero-order valence-corrected chi connectivity index (χ0v) is 12.1. The van der Waals surface area contributed by atoms with Crippen molar-refractivity contribution in [3.63, 3.8) is 0 Å². The first-order valence-electron chi connectivity index (χ1n) is 6.86. The van der Waals surface area contributed by atoms with Crippen molar-refractivity contribution in [3.05, 3.63) is 21.5 Å². The van der Waals surface area contributed by atoms with E-state index in [1.54, 1.807) is 13.8 Å². The number of aryl methyl sites for hydroxylation is 1. The van der Waals surface area contributed by atoms with Gasteiger partial charge >= 0.3 is 5.69 Å². The predicted octanol–water partition coefficient (Wildman–Crippen LogP) is 1.67. The normalized spacial score (nSPS) is 16.4. The minimum absolute atomic E-state index is 0.00469. The van der Waals surface area contributed by atoms with Crippen LogP contribution in [0.2, 0.25) is 0 Å². The van der Waals surface area contributed by atoms with Crippen LogP contribution in [0.1, 0.15) is 31.2 Å². The van der Waals surface area contributed by atoms with Crippen LogP contribution in [0.15, 0.2) is 0 Å². The number of rotatable bonds is 3. The lowest BCUT2D eigenvalue weighted by Crippen LogP contribution is -2.40. The maximum atomic E-state index is 12.2. The third kappa shape index (κ3) is 2.81. The van der Waals surface area contributed by atoms with E-state index in [0.29, 0.717) is 17.3 Å². The molecule has 1 amide bonds. The SMILES string of the molecule is Cc1nn(CC(=O)N2CCC(C)CC2)c(C)c1[N+](=O)[O-]. The summed E-state index contributed by atoms with van der Waals surface area (Å²) < 4.78 is 1.44. The summed E-state index contributed by atoms with van der Waals surface area (Å²) in [5, 5.41) is 15.0. The Morgan fingerprint density at radius 2 is 2.00 bits per heavy atom. The molecule has 0 aliphatic carbocycles. The van der Waals surface area contributed by atoms with Gasteiger partial charge in [0.1, 0.15) is 17.9 Å². The van der Waals surface area contributed by atoms with Gasteiger partial charge in [-0.1, -0.05) is 6.92 Å². The summed E-state index contributed by atoms with van der Waals surface area (Å²) in [7, 11) is 0. The standard InChI is InChI=1S/C13H20N4O3/c1-9-4-6-15(7-5-9)12(18)8-16-11(3)13(17(19)20)10(2)14-16/h9H,4-8H2,1-3H3. The number of hydrogen-bond donors (Lipinski definition) is 0. The molecule has 1 aromatic rings. The van der Waals surface area contributed by atoms with Gasteiger partial charge in [0, 0.05) is 13.1 Å². The van der Waals surface area contributed by atoms with E-state index in [0.717, 1.165) is 25.9 Å². The summed E-state index contributed by atoms with van der Waals surface area (Å²) in [5.74, 6) is 0.645. The van der Waals surface area contributed by atoms with Gasteiger partial charge in [-0.2, -0.15) is 5.10 Å². The smallest absolute Gasteiger partial charge is 0.312 e. The van der Waals surface area contributed by atoms with Crippen molar-refractivity contribution in [2.45, 2.75) is 40.2 Å². The number of nitro groups is 1. The Labute approximate surface area is 117 Å². The molecule has 1 saturated heterocycles. The molecule has 20 heavy (non-hydrogen) atoms. The van der Waals surface area contributed by atoms with Crippen LogP contribution in [-0.4, -0.2) is 38.6 Å². The molecule has 0 N–H and O–H groups in total. The van der Waals surface area contributed by atoms with Gasteiger partial charge in [0.15, 0.2) is 0 Å². The Kier molecular flexibility index (Phi) is 4.06. The topological polar surface area (TPSA) is 81.3 Å². The summed E-state index contributed by atoms with van der Waals surface area (Å²) >= 11 is 0. The van der Waals surface area contributed by atoms with Crippen molar-refractivity contribution in [1.29, 1.82) is 0 Å². The lowest BCUT2D eigenvalue weighted by Gasteiger charge is -2.30. The van der Waals surface area contributed by atoms with E-state index in [1.165, 1.54) is 4.68 Å². The Hall–Kier alpha value is -1.92. The highest BCUT2D eigenvalue weighted by molar-refractivity contribution is 5.76. The Morgan fingerprint density at radius 3 is 2.50 bits per heavy atom. The van der Waals surface area contributed by atoms with Crippen molar-refractivity contribution in [1.82, 2.24) is 14.7 Å². The maximum absolute atomic E-state index is 12.2. The molecule has 0 unspecified atom stereocenters. The van der Waals surface area contributed by atoms with Crippen LogP contribution in [0.5, 0.6) is 0 Å². The zero-order valence-electron chi connectivity index (χ0n) is 12.1. The fraction of sp³-hybridized carbons (Fsp3) is 0.692. The average molecular weight is 280 g/mol. The van der Waals surface area contributed by atoms with E-state index >= 15 is 0 Å². The van der Waals surface area contributed by atoms with Gasteiger partial charge in [-0.05, 0) is 32.6 Å². The van der Waals surface area contributed by atoms with Crippen molar-refractivity contribution in [3.8, 4) is 0 Å². The molecule has 2 rings (SSSR count). The number of hydrogen-bond acceptors (Lipinski definition) is 4. The fourth-order valence-electron chi connectivity index (χ4n) is 2.59. The number of carbonyl (C=O) groups is 1. The van der Waals surface area contributed by atoms with Crippen LogP contribution < -0.4 is 0 Å². The van der Waals surface area contributed by atoms with Crippen molar-refractivity contribution in [2.24, 2.45) is 5.92 Å². The summed E-state index contributed by atoms with van der Waals surface area (Å²) in [4.78, 5) is 24.5. The molecule has 0 atom stereocenters. The molecule has 110 valence electrons. The van der Waals surface area contributed by atoms with Gasteiger partial charge in [0.2, 0.25) is 5.91 Å². The van der Waals surface area contributed by atoms with Gasteiger partial charge in [-0.25, -0.2) is 0 Å². The monoisotopic (exact) mass is 280 g/mol. The molecule has 2 heterocycles. The second-order valence-corrected chi connectivity index (χ2v) is 5.50. The molecular weight excluding hydrogens is 260 g/mol. The van der Waals surface area contributed by atoms with Crippen LogP contribution >= 0.6 is 0 Å². The van der Waals surface area contributed by atoms with Crippen LogP contribution in [0.25, 0.3) is 0 Å². The van der Waals surface area contributed by atoms with Crippen molar-refractivity contribution >= 4 is 11.6 Å².